The SMILES string of the molecule is CN1CCC(Nc2ncnc3[nH]cc(C(=O)c4ccc(NC5CCC(F)(F)CC5)nc4F)c23)CC1=O. The number of aromatic amines is 1. The lowest BCUT2D eigenvalue weighted by molar-refractivity contribution is -0.132. The number of ketones is 1. The van der Waals surface area contributed by atoms with Crippen LogP contribution in [0.5, 0.6) is 0 Å². The van der Waals surface area contributed by atoms with E-state index in [9.17, 15) is 22.8 Å². The third-order valence-electron chi connectivity index (χ3n) is 6.88. The van der Waals surface area contributed by atoms with Gasteiger partial charge in [0.15, 0.2) is 5.78 Å². The van der Waals surface area contributed by atoms with E-state index in [-0.39, 0.29) is 60.6 Å². The van der Waals surface area contributed by atoms with Crippen molar-refractivity contribution in [1.82, 2.24) is 24.8 Å². The van der Waals surface area contributed by atoms with Gasteiger partial charge in [-0.1, -0.05) is 0 Å². The van der Waals surface area contributed by atoms with Gasteiger partial charge in [-0.3, -0.25) is 9.59 Å². The number of aromatic nitrogens is 4. The fourth-order valence-electron chi connectivity index (χ4n) is 4.73. The Balaban J connectivity index is 1.36. The summed E-state index contributed by atoms with van der Waals surface area (Å²) in [5.74, 6) is -3.64. The second-order valence-corrected chi connectivity index (χ2v) is 9.44. The van der Waals surface area contributed by atoms with Crippen molar-refractivity contribution >= 4 is 34.4 Å². The molecule has 1 aliphatic carbocycles. The van der Waals surface area contributed by atoms with E-state index in [1.807, 2.05) is 0 Å². The molecule has 1 saturated heterocycles. The zero-order chi connectivity index (χ0) is 25.4. The van der Waals surface area contributed by atoms with E-state index in [4.69, 9.17) is 0 Å². The molecule has 3 aromatic rings. The molecular weight excluding hydrogens is 475 g/mol. The number of carbonyl (C=O) groups is 2. The van der Waals surface area contributed by atoms with Crippen LogP contribution in [0.15, 0.2) is 24.7 Å². The second-order valence-electron chi connectivity index (χ2n) is 9.44. The minimum Gasteiger partial charge on any atom is -0.367 e. The maximum Gasteiger partial charge on any atom is 0.248 e. The van der Waals surface area contributed by atoms with Crippen LogP contribution < -0.4 is 10.6 Å². The molecule has 2 fully saturated rings. The van der Waals surface area contributed by atoms with E-state index in [2.05, 4.69) is 30.6 Å². The molecule has 0 radical (unpaired) electrons. The van der Waals surface area contributed by atoms with Gasteiger partial charge >= 0.3 is 0 Å². The predicted octanol–water partition coefficient (Wildman–Crippen LogP) is 3.75. The van der Waals surface area contributed by atoms with Crippen molar-refractivity contribution in [3.05, 3.63) is 41.7 Å². The lowest BCUT2D eigenvalue weighted by Gasteiger charge is -2.29. The lowest BCUT2D eigenvalue weighted by atomic mass is 9.92. The van der Waals surface area contributed by atoms with Gasteiger partial charge < -0.3 is 20.5 Å². The molecule has 0 aromatic carbocycles. The van der Waals surface area contributed by atoms with Crippen LogP contribution in [0.2, 0.25) is 0 Å². The number of likely N-dealkylation sites (tertiary alicyclic amines) is 1. The van der Waals surface area contributed by atoms with E-state index in [1.54, 1.807) is 11.9 Å². The molecule has 2 aliphatic rings. The number of rotatable bonds is 6. The van der Waals surface area contributed by atoms with Gasteiger partial charge in [-0.2, -0.15) is 4.39 Å². The molecule has 0 bridgehead atoms. The molecule has 190 valence electrons. The van der Waals surface area contributed by atoms with E-state index in [0.717, 1.165) is 0 Å². The van der Waals surface area contributed by atoms with Gasteiger partial charge in [0, 0.05) is 51.1 Å². The van der Waals surface area contributed by atoms with Crippen LogP contribution in [-0.4, -0.2) is 68.1 Å². The summed E-state index contributed by atoms with van der Waals surface area (Å²) in [4.78, 5) is 42.3. The Morgan fingerprint density at radius 1 is 1.11 bits per heavy atom. The first kappa shape index (κ1) is 24.0. The zero-order valence-corrected chi connectivity index (χ0v) is 19.7. The minimum atomic E-state index is -2.66. The number of pyridine rings is 1. The number of piperidine rings is 1. The van der Waals surface area contributed by atoms with Crippen molar-refractivity contribution in [2.45, 2.75) is 56.5 Å². The molecule has 5 rings (SSSR count). The fraction of sp³-hybridized carbons (Fsp3) is 0.458. The summed E-state index contributed by atoms with van der Waals surface area (Å²) in [5, 5.41) is 6.63. The summed E-state index contributed by atoms with van der Waals surface area (Å²) in [5.41, 5.74) is 0.333. The van der Waals surface area contributed by atoms with E-state index < -0.39 is 17.7 Å². The molecule has 4 heterocycles. The Kier molecular flexibility index (Phi) is 6.27. The molecule has 1 atom stereocenters. The average Bonchev–Trinajstić information content (AvgIpc) is 3.28. The Morgan fingerprint density at radius 2 is 1.89 bits per heavy atom. The Bertz CT molecular complexity index is 1300. The predicted molar refractivity (Wildman–Crippen MR) is 127 cm³/mol. The number of halogens is 3. The quantitative estimate of drug-likeness (QED) is 0.348. The number of hydrogen-bond acceptors (Lipinski definition) is 7. The number of fused-ring (bicyclic) bond motifs is 1. The van der Waals surface area contributed by atoms with Gasteiger partial charge in [-0.05, 0) is 31.4 Å². The molecule has 1 amide bonds. The van der Waals surface area contributed by atoms with Crippen molar-refractivity contribution in [2.24, 2.45) is 0 Å². The first-order valence-corrected chi connectivity index (χ1v) is 11.9. The van der Waals surface area contributed by atoms with E-state index >= 15 is 0 Å². The highest BCUT2D eigenvalue weighted by molar-refractivity contribution is 6.18. The zero-order valence-electron chi connectivity index (χ0n) is 19.7. The summed E-state index contributed by atoms with van der Waals surface area (Å²) in [6.07, 6.45) is 3.85. The highest BCUT2D eigenvalue weighted by Crippen LogP contribution is 2.34. The molecular formula is C24H26F3N7O2. The van der Waals surface area contributed by atoms with Crippen LogP contribution in [-0.2, 0) is 4.79 Å². The number of nitrogens with zero attached hydrogens (tertiary/aromatic N) is 4. The van der Waals surface area contributed by atoms with Crippen LogP contribution in [0.3, 0.4) is 0 Å². The molecule has 9 nitrogen and oxygen atoms in total. The van der Waals surface area contributed by atoms with Gasteiger partial charge in [0.05, 0.1) is 16.5 Å². The standard InChI is InChI=1S/C24H26F3N7O2/c1-34-9-6-14(10-18(34)35)32-23-19-16(11-28-22(19)29-12-30-23)20(36)15-2-3-17(33-21(15)25)31-13-4-7-24(26,27)8-5-13/h2-3,11-14H,4-10H2,1H3,(H,31,33)(H2,28,29,30,32). The van der Waals surface area contributed by atoms with Gasteiger partial charge in [0.2, 0.25) is 17.8 Å². The van der Waals surface area contributed by atoms with Crippen molar-refractivity contribution < 1.29 is 22.8 Å². The van der Waals surface area contributed by atoms with Crippen LogP contribution in [0, 0.1) is 5.95 Å². The third-order valence-corrected chi connectivity index (χ3v) is 6.88. The van der Waals surface area contributed by atoms with Gasteiger partial charge in [-0.25, -0.2) is 23.7 Å². The highest BCUT2D eigenvalue weighted by atomic mass is 19.3. The monoisotopic (exact) mass is 501 g/mol. The average molecular weight is 502 g/mol. The normalized spacial score (nSPS) is 20.5. The number of anilines is 2. The fourth-order valence-corrected chi connectivity index (χ4v) is 4.73. The van der Waals surface area contributed by atoms with Crippen molar-refractivity contribution in [3.63, 3.8) is 0 Å². The lowest BCUT2D eigenvalue weighted by Crippen LogP contribution is -2.41. The Labute approximate surface area is 204 Å². The minimum absolute atomic E-state index is 0.0122. The molecule has 36 heavy (non-hydrogen) atoms. The van der Waals surface area contributed by atoms with Gasteiger partial charge in [-0.15, -0.1) is 0 Å². The number of H-pyrrole nitrogens is 1. The van der Waals surface area contributed by atoms with Gasteiger partial charge in [0.1, 0.15) is 23.6 Å². The van der Waals surface area contributed by atoms with Crippen molar-refractivity contribution in [3.8, 4) is 0 Å². The van der Waals surface area contributed by atoms with Crippen LogP contribution in [0.1, 0.15) is 54.4 Å². The summed E-state index contributed by atoms with van der Waals surface area (Å²) >= 11 is 0. The number of hydrogen-bond donors (Lipinski definition) is 3. The molecule has 1 saturated carbocycles. The maximum absolute atomic E-state index is 14.9. The van der Waals surface area contributed by atoms with Crippen LogP contribution in [0.4, 0.5) is 24.8 Å². The third kappa shape index (κ3) is 4.84. The van der Waals surface area contributed by atoms with Crippen molar-refractivity contribution in [1.29, 1.82) is 0 Å². The highest BCUT2D eigenvalue weighted by Gasteiger charge is 2.35. The summed E-state index contributed by atoms with van der Waals surface area (Å²) in [6.45, 7) is 0.601. The number of carbonyl (C=O) groups excluding carboxylic acids is 2. The number of alkyl halides is 2. The van der Waals surface area contributed by atoms with Crippen molar-refractivity contribution in [2.75, 3.05) is 24.2 Å². The summed E-state index contributed by atoms with van der Waals surface area (Å²) in [6, 6.07) is 2.41. The first-order chi connectivity index (χ1) is 17.2. The van der Waals surface area contributed by atoms with Crippen LogP contribution >= 0.6 is 0 Å². The van der Waals surface area contributed by atoms with Crippen LogP contribution in [0.25, 0.3) is 11.0 Å². The topological polar surface area (TPSA) is 116 Å². The molecule has 1 unspecified atom stereocenters. The Hall–Kier alpha value is -3.70. The van der Waals surface area contributed by atoms with E-state index in [0.29, 0.717) is 36.2 Å². The summed E-state index contributed by atoms with van der Waals surface area (Å²) < 4.78 is 41.7. The number of nitrogens with one attached hydrogen (secondary N) is 3. The summed E-state index contributed by atoms with van der Waals surface area (Å²) in [7, 11) is 1.75. The van der Waals surface area contributed by atoms with Gasteiger partial charge in [0.25, 0.3) is 0 Å². The largest absolute Gasteiger partial charge is 0.367 e. The molecule has 12 heteroatoms. The second kappa shape index (κ2) is 9.40. The smallest absolute Gasteiger partial charge is 0.248 e. The molecule has 0 spiro atoms. The first-order valence-electron chi connectivity index (χ1n) is 11.9. The maximum atomic E-state index is 14.9. The Morgan fingerprint density at radius 3 is 2.61 bits per heavy atom. The van der Waals surface area contributed by atoms with E-state index in [1.165, 1.54) is 24.7 Å². The molecule has 1 aliphatic heterocycles. The molecule has 3 N–H and O–H groups in total. The molecule has 3 aromatic heterocycles. The number of amides is 1.